The van der Waals surface area contributed by atoms with Crippen molar-refractivity contribution in [2.24, 2.45) is 0 Å². The maximum Gasteiger partial charge on any atom is 0.0859 e. The van der Waals surface area contributed by atoms with Gasteiger partial charge in [-0.15, -0.1) is 6.58 Å². The third-order valence-corrected chi connectivity index (χ3v) is 1.83. The van der Waals surface area contributed by atoms with E-state index in [9.17, 15) is 0 Å². The Kier molecular flexibility index (Phi) is 10.4. The van der Waals surface area contributed by atoms with Crippen molar-refractivity contribution in [1.29, 1.82) is 0 Å². The topological polar surface area (TPSA) is 38.7 Å². The Balaban J connectivity index is 2.88. The summed E-state index contributed by atoms with van der Waals surface area (Å²) in [4.78, 5) is 9.90. The van der Waals surface area contributed by atoms with Gasteiger partial charge < -0.3 is 5.11 Å². The summed E-state index contributed by atoms with van der Waals surface area (Å²) in [5, 5.41) is 8.53. The van der Waals surface area contributed by atoms with Crippen molar-refractivity contribution in [3.05, 3.63) is 12.2 Å². The van der Waals surface area contributed by atoms with Gasteiger partial charge in [-0.2, -0.15) is 0 Å². The fraction of sp³-hybridized carbons (Fsp3) is 0.818. The molecule has 0 unspecified atom stereocenters. The Hall–Kier alpha value is -0.380. The van der Waals surface area contributed by atoms with Crippen LogP contribution in [0.3, 0.4) is 0 Å². The fourth-order valence-electron chi connectivity index (χ4n) is 0.960. The molecule has 0 rings (SSSR count). The molecule has 0 aliphatic heterocycles. The maximum atomic E-state index is 8.53. The first-order valence-corrected chi connectivity index (χ1v) is 5.27. The van der Waals surface area contributed by atoms with Crippen molar-refractivity contribution in [3.8, 4) is 0 Å². The van der Waals surface area contributed by atoms with Crippen LogP contribution in [0.4, 0.5) is 0 Å². The van der Waals surface area contributed by atoms with Gasteiger partial charge in [-0.3, -0.25) is 0 Å². The average molecular weight is 202 g/mol. The van der Waals surface area contributed by atoms with Gasteiger partial charge in [0.1, 0.15) is 0 Å². The second-order valence-corrected chi connectivity index (χ2v) is 3.49. The smallest absolute Gasteiger partial charge is 0.0859 e. The van der Waals surface area contributed by atoms with Gasteiger partial charge in [0.15, 0.2) is 0 Å². The molecule has 14 heavy (non-hydrogen) atoms. The van der Waals surface area contributed by atoms with E-state index in [4.69, 9.17) is 14.9 Å². The molecule has 0 bridgehead atoms. The van der Waals surface area contributed by atoms with E-state index >= 15 is 0 Å². The molecule has 84 valence electrons. The Labute approximate surface area is 86.6 Å². The molecule has 1 N–H and O–H groups in total. The number of unbranched alkanes of at least 4 members (excludes halogenated alkanes) is 3. The lowest BCUT2D eigenvalue weighted by Crippen LogP contribution is -1.99. The normalized spacial score (nSPS) is 10.4. The molecule has 0 amide bonds. The van der Waals surface area contributed by atoms with Crippen LogP contribution in [-0.4, -0.2) is 24.9 Å². The van der Waals surface area contributed by atoms with E-state index in [0.717, 1.165) is 37.7 Å². The SMILES string of the molecule is C=C(C)CCOOCCCCCCO. The van der Waals surface area contributed by atoms with Crippen molar-refractivity contribution in [3.63, 3.8) is 0 Å². The largest absolute Gasteiger partial charge is 0.396 e. The van der Waals surface area contributed by atoms with Crippen LogP contribution in [0.5, 0.6) is 0 Å². The van der Waals surface area contributed by atoms with E-state index in [-0.39, 0.29) is 6.61 Å². The number of rotatable bonds is 10. The van der Waals surface area contributed by atoms with E-state index in [1.807, 2.05) is 6.92 Å². The summed E-state index contributed by atoms with van der Waals surface area (Å²) in [7, 11) is 0. The highest BCUT2D eigenvalue weighted by Gasteiger charge is 1.92. The van der Waals surface area contributed by atoms with Crippen LogP contribution in [0.25, 0.3) is 0 Å². The molecule has 0 aromatic rings. The third-order valence-electron chi connectivity index (χ3n) is 1.83. The molecular weight excluding hydrogens is 180 g/mol. The Morgan fingerprint density at radius 3 is 2.36 bits per heavy atom. The van der Waals surface area contributed by atoms with Gasteiger partial charge in [-0.1, -0.05) is 18.4 Å². The lowest BCUT2D eigenvalue weighted by Gasteiger charge is -2.03. The lowest BCUT2D eigenvalue weighted by atomic mass is 10.2. The van der Waals surface area contributed by atoms with E-state index < -0.39 is 0 Å². The van der Waals surface area contributed by atoms with E-state index in [0.29, 0.717) is 13.2 Å². The third kappa shape index (κ3) is 11.6. The minimum absolute atomic E-state index is 0.288. The minimum atomic E-state index is 0.288. The first-order chi connectivity index (χ1) is 6.77. The summed E-state index contributed by atoms with van der Waals surface area (Å²) >= 11 is 0. The average Bonchev–Trinajstić information content (AvgIpc) is 2.15. The molecule has 0 saturated heterocycles. The van der Waals surface area contributed by atoms with Crippen LogP contribution in [0.2, 0.25) is 0 Å². The molecular formula is C11H22O3. The zero-order valence-corrected chi connectivity index (χ0v) is 9.13. The molecule has 3 nitrogen and oxygen atoms in total. The molecule has 0 atom stereocenters. The number of hydrogen-bond acceptors (Lipinski definition) is 3. The number of aliphatic hydroxyl groups is 1. The zero-order chi connectivity index (χ0) is 10.6. The maximum absolute atomic E-state index is 8.53. The molecule has 0 heterocycles. The second kappa shape index (κ2) is 10.7. The predicted octanol–water partition coefficient (Wildman–Crippen LogP) is 2.45. The quantitative estimate of drug-likeness (QED) is 0.256. The molecule has 0 aliphatic rings. The van der Waals surface area contributed by atoms with E-state index in [1.165, 1.54) is 0 Å². The van der Waals surface area contributed by atoms with Gasteiger partial charge in [0.25, 0.3) is 0 Å². The van der Waals surface area contributed by atoms with Gasteiger partial charge in [0, 0.05) is 6.61 Å². The molecule has 0 fully saturated rings. The molecule has 0 radical (unpaired) electrons. The summed E-state index contributed by atoms with van der Waals surface area (Å²) in [6.07, 6.45) is 4.88. The Morgan fingerprint density at radius 2 is 1.71 bits per heavy atom. The van der Waals surface area contributed by atoms with Crippen molar-refractivity contribution < 1.29 is 14.9 Å². The van der Waals surface area contributed by atoms with E-state index in [1.54, 1.807) is 0 Å². The predicted molar refractivity (Wildman–Crippen MR) is 56.9 cm³/mol. The molecule has 3 heteroatoms. The van der Waals surface area contributed by atoms with Crippen molar-refractivity contribution in [2.45, 2.75) is 39.0 Å². The van der Waals surface area contributed by atoms with Crippen molar-refractivity contribution >= 4 is 0 Å². The van der Waals surface area contributed by atoms with Crippen molar-refractivity contribution in [2.75, 3.05) is 19.8 Å². The summed E-state index contributed by atoms with van der Waals surface area (Å²) < 4.78 is 0. The zero-order valence-electron chi connectivity index (χ0n) is 9.13. The monoisotopic (exact) mass is 202 g/mol. The van der Waals surface area contributed by atoms with Crippen LogP contribution in [-0.2, 0) is 9.78 Å². The highest BCUT2D eigenvalue weighted by molar-refractivity contribution is 4.86. The van der Waals surface area contributed by atoms with Crippen LogP contribution >= 0.6 is 0 Å². The summed E-state index contributed by atoms with van der Waals surface area (Å²) in [5.41, 5.74) is 1.11. The first kappa shape index (κ1) is 13.6. The second-order valence-electron chi connectivity index (χ2n) is 3.49. The summed E-state index contributed by atoms with van der Waals surface area (Å²) in [5.74, 6) is 0. The van der Waals surface area contributed by atoms with Gasteiger partial charge in [-0.25, -0.2) is 9.78 Å². The van der Waals surface area contributed by atoms with Crippen LogP contribution in [0.15, 0.2) is 12.2 Å². The van der Waals surface area contributed by atoms with Crippen molar-refractivity contribution in [1.82, 2.24) is 0 Å². The molecule has 0 aromatic carbocycles. The van der Waals surface area contributed by atoms with Crippen LogP contribution in [0, 0.1) is 0 Å². The van der Waals surface area contributed by atoms with Gasteiger partial charge >= 0.3 is 0 Å². The standard InChI is InChI=1S/C11H22O3/c1-11(2)7-10-14-13-9-6-4-3-5-8-12/h12H,1,3-10H2,2H3. The number of hydrogen-bond donors (Lipinski definition) is 1. The molecule has 0 aliphatic carbocycles. The Bertz CT molecular complexity index is 134. The van der Waals surface area contributed by atoms with Gasteiger partial charge in [0.05, 0.1) is 13.2 Å². The molecule has 0 saturated carbocycles. The van der Waals surface area contributed by atoms with Crippen LogP contribution < -0.4 is 0 Å². The van der Waals surface area contributed by atoms with Gasteiger partial charge in [-0.05, 0) is 26.2 Å². The minimum Gasteiger partial charge on any atom is -0.396 e. The number of aliphatic hydroxyl groups excluding tert-OH is 1. The van der Waals surface area contributed by atoms with Gasteiger partial charge in [0.2, 0.25) is 0 Å². The lowest BCUT2D eigenvalue weighted by molar-refractivity contribution is -0.294. The van der Waals surface area contributed by atoms with E-state index in [2.05, 4.69) is 6.58 Å². The highest BCUT2D eigenvalue weighted by Crippen LogP contribution is 2.00. The molecule has 0 aromatic heterocycles. The van der Waals surface area contributed by atoms with Crippen LogP contribution in [0.1, 0.15) is 39.0 Å². The Morgan fingerprint density at radius 1 is 1.07 bits per heavy atom. The first-order valence-electron chi connectivity index (χ1n) is 5.27. The summed E-state index contributed by atoms with van der Waals surface area (Å²) in [6.45, 7) is 7.25. The summed E-state index contributed by atoms with van der Waals surface area (Å²) in [6, 6.07) is 0. The fourth-order valence-corrected chi connectivity index (χ4v) is 0.960. The highest BCUT2D eigenvalue weighted by atomic mass is 17.2. The molecule has 0 spiro atoms.